The highest BCUT2D eigenvalue weighted by Crippen LogP contribution is 2.22. The number of aryl methyl sites for hydroxylation is 1. The SMILES string of the molecule is CCC(C(=O)NC1CCCC1)N(Cc1ccc(Cl)cc1)C(=O)CN(c1ccc(C)cc1)S(C)(=O)=O. The number of benzene rings is 2. The maximum atomic E-state index is 13.7. The van der Waals surface area contributed by atoms with Crippen molar-refractivity contribution in [2.45, 2.75) is 64.6 Å². The van der Waals surface area contributed by atoms with Gasteiger partial charge in [-0.2, -0.15) is 0 Å². The Hall–Kier alpha value is -2.58. The van der Waals surface area contributed by atoms with E-state index in [4.69, 9.17) is 11.6 Å². The van der Waals surface area contributed by atoms with Crippen LogP contribution in [0, 0.1) is 6.92 Å². The molecule has 2 amide bonds. The molecule has 1 aliphatic rings. The van der Waals surface area contributed by atoms with Crippen LogP contribution in [0.1, 0.15) is 50.2 Å². The summed E-state index contributed by atoms with van der Waals surface area (Å²) in [5.74, 6) is -0.651. The minimum absolute atomic E-state index is 0.115. The lowest BCUT2D eigenvalue weighted by atomic mass is 10.1. The molecular formula is C26H34ClN3O4S. The van der Waals surface area contributed by atoms with E-state index in [1.54, 1.807) is 48.5 Å². The number of sulfonamides is 1. The molecule has 0 radical (unpaired) electrons. The van der Waals surface area contributed by atoms with Gasteiger partial charge in [-0.25, -0.2) is 8.42 Å². The minimum Gasteiger partial charge on any atom is -0.352 e. The maximum absolute atomic E-state index is 13.7. The average Bonchev–Trinajstić information content (AvgIpc) is 3.31. The zero-order valence-corrected chi connectivity index (χ0v) is 22.1. The predicted octanol–water partition coefficient (Wildman–Crippen LogP) is 4.28. The number of anilines is 1. The summed E-state index contributed by atoms with van der Waals surface area (Å²) < 4.78 is 26.4. The number of carbonyl (C=O) groups is 2. The van der Waals surface area contributed by atoms with Crippen LogP contribution >= 0.6 is 11.6 Å². The molecule has 0 aromatic heterocycles. The second-order valence-corrected chi connectivity index (χ2v) is 11.5. The van der Waals surface area contributed by atoms with E-state index in [-0.39, 0.29) is 18.5 Å². The zero-order chi connectivity index (χ0) is 25.6. The van der Waals surface area contributed by atoms with Gasteiger partial charge in [0, 0.05) is 17.6 Å². The van der Waals surface area contributed by atoms with Crippen molar-refractivity contribution >= 4 is 39.1 Å². The molecule has 0 bridgehead atoms. The summed E-state index contributed by atoms with van der Waals surface area (Å²) in [6.07, 6.45) is 5.50. The molecule has 1 fully saturated rings. The zero-order valence-electron chi connectivity index (χ0n) is 20.5. The number of amides is 2. The maximum Gasteiger partial charge on any atom is 0.244 e. The van der Waals surface area contributed by atoms with E-state index < -0.39 is 28.5 Å². The molecule has 3 rings (SSSR count). The minimum atomic E-state index is -3.74. The molecule has 0 spiro atoms. The van der Waals surface area contributed by atoms with Gasteiger partial charge in [-0.05, 0) is 56.0 Å². The predicted molar refractivity (Wildman–Crippen MR) is 140 cm³/mol. The number of carbonyl (C=O) groups excluding carboxylic acids is 2. The van der Waals surface area contributed by atoms with Crippen LogP contribution in [0.4, 0.5) is 5.69 Å². The van der Waals surface area contributed by atoms with Crippen molar-refractivity contribution in [1.82, 2.24) is 10.2 Å². The molecule has 2 aromatic rings. The Kier molecular flexibility index (Phi) is 9.19. The van der Waals surface area contributed by atoms with E-state index in [9.17, 15) is 18.0 Å². The Balaban J connectivity index is 1.90. The normalized spacial score (nSPS) is 15.0. The number of halogens is 1. The van der Waals surface area contributed by atoms with E-state index in [0.717, 1.165) is 47.4 Å². The third-order valence-corrected chi connectivity index (χ3v) is 7.75. The van der Waals surface area contributed by atoms with Crippen LogP contribution in [0.5, 0.6) is 0 Å². The van der Waals surface area contributed by atoms with Gasteiger partial charge in [-0.15, -0.1) is 0 Å². The highest BCUT2D eigenvalue weighted by Gasteiger charge is 2.33. The van der Waals surface area contributed by atoms with Crippen LogP contribution in [-0.4, -0.2) is 50.0 Å². The van der Waals surface area contributed by atoms with Crippen molar-refractivity contribution in [1.29, 1.82) is 0 Å². The molecule has 0 heterocycles. The van der Waals surface area contributed by atoms with Crippen LogP contribution in [0.2, 0.25) is 5.02 Å². The van der Waals surface area contributed by atoms with E-state index in [2.05, 4.69) is 5.32 Å². The molecule has 35 heavy (non-hydrogen) atoms. The van der Waals surface area contributed by atoms with Gasteiger partial charge >= 0.3 is 0 Å². The number of hydrogen-bond acceptors (Lipinski definition) is 4. The summed E-state index contributed by atoms with van der Waals surface area (Å²) in [6, 6.07) is 13.4. The molecule has 1 aliphatic carbocycles. The van der Waals surface area contributed by atoms with Gasteiger partial charge in [0.25, 0.3) is 0 Å². The van der Waals surface area contributed by atoms with Crippen molar-refractivity contribution in [2.24, 2.45) is 0 Å². The lowest BCUT2D eigenvalue weighted by molar-refractivity contribution is -0.140. The van der Waals surface area contributed by atoms with Crippen LogP contribution in [0.15, 0.2) is 48.5 Å². The molecule has 1 unspecified atom stereocenters. The first-order chi connectivity index (χ1) is 16.6. The van der Waals surface area contributed by atoms with Crippen molar-refractivity contribution in [3.05, 3.63) is 64.7 Å². The van der Waals surface area contributed by atoms with Crippen molar-refractivity contribution < 1.29 is 18.0 Å². The van der Waals surface area contributed by atoms with Crippen molar-refractivity contribution in [3.63, 3.8) is 0 Å². The molecule has 0 saturated heterocycles. The lowest BCUT2D eigenvalue weighted by Crippen LogP contribution is -2.53. The molecule has 190 valence electrons. The van der Waals surface area contributed by atoms with Gasteiger partial charge in [0.05, 0.1) is 11.9 Å². The standard InChI is InChI=1S/C26H34ClN3O4S/c1-4-24(26(32)28-22-7-5-6-8-22)29(17-20-11-13-21(27)14-12-20)25(31)18-30(35(3,33)34)23-15-9-19(2)10-16-23/h9-16,22,24H,4-8,17-18H2,1-3H3,(H,28,32). The highest BCUT2D eigenvalue weighted by molar-refractivity contribution is 7.92. The molecule has 2 aromatic carbocycles. The first-order valence-electron chi connectivity index (χ1n) is 12.0. The Morgan fingerprint density at radius 2 is 1.66 bits per heavy atom. The molecule has 1 atom stereocenters. The fourth-order valence-corrected chi connectivity index (χ4v) is 5.37. The van der Waals surface area contributed by atoms with Crippen LogP contribution in [0.25, 0.3) is 0 Å². The highest BCUT2D eigenvalue weighted by atomic mass is 35.5. The van der Waals surface area contributed by atoms with E-state index in [1.165, 1.54) is 4.90 Å². The topological polar surface area (TPSA) is 86.8 Å². The lowest BCUT2D eigenvalue weighted by Gasteiger charge is -2.33. The van der Waals surface area contributed by atoms with E-state index >= 15 is 0 Å². The summed E-state index contributed by atoms with van der Waals surface area (Å²) >= 11 is 6.03. The first-order valence-corrected chi connectivity index (χ1v) is 14.2. The average molecular weight is 520 g/mol. The van der Waals surface area contributed by atoms with Gasteiger partial charge < -0.3 is 10.2 Å². The summed E-state index contributed by atoms with van der Waals surface area (Å²) in [5.41, 5.74) is 2.19. The van der Waals surface area contributed by atoms with Crippen LogP contribution < -0.4 is 9.62 Å². The second-order valence-electron chi connectivity index (χ2n) is 9.17. The number of hydrogen-bond donors (Lipinski definition) is 1. The Morgan fingerprint density at radius 3 is 2.20 bits per heavy atom. The van der Waals surface area contributed by atoms with E-state index in [0.29, 0.717) is 17.1 Å². The van der Waals surface area contributed by atoms with Crippen LogP contribution in [0.3, 0.4) is 0 Å². The molecule has 9 heteroatoms. The third-order valence-electron chi connectivity index (χ3n) is 6.35. The van der Waals surface area contributed by atoms with Gasteiger partial charge in [0.15, 0.2) is 0 Å². The van der Waals surface area contributed by atoms with Crippen LogP contribution in [-0.2, 0) is 26.2 Å². The van der Waals surface area contributed by atoms with E-state index in [1.807, 2.05) is 13.8 Å². The Bertz CT molecular complexity index is 1110. The number of nitrogens with one attached hydrogen (secondary N) is 1. The number of rotatable bonds is 10. The molecule has 0 aliphatic heterocycles. The van der Waals surface area contributed by atoms with Gasteiger partial charge in [0.2, 0.25) is 21.8 Å². The number of nitrogens with zero attached hydrogens (tertiary/aromatic N) is 2. The first kappa shape index (κ1) is 27.0. The summed E-state index contributed by atoms with van der Waals surface area (Å²) in [7, 11) is -3.74. The fourth-order valence-electron chi connectivity index (χ4n) is 4.40. The fraction of sp³-hybridized carbons (Fsp3) is 0.462. The smallest absolute Gasteiger partial charge is 0.244 e. The molecule has 1 N–H and O–H groups in total. The third kappa shape index (κ3) is 7.45. The second kappa shape index (κ2) is 11.9. The van der Waals surface area contributed by atoms with Gasteiger partial charge in [-0.3, -0.25) is 13.9 Å². The van der Waals surface area contributed by atoms with Gasteiger partial charge in [0.1, 0.15) is 12.6 Å². The Morgan fingerprint density at radius 1 is 1.06 bits per heavy atom. The van der Waals surface area contributed by atoms with Crippen molar-refractivity contribution in [3.8, 4) is 0 Å². The summed E-state index contributed by atoms with van der Waals surface area (Å²) in [6.45, 7) is 3.53. The molecule has 1 saturated carbocycles. The Labute approximate surface area is 213 Å². The molecular weight excluding hydrogens is 486 g/mol. The quantitative estimate of drug-likeness (QED) is 0.507. The van der Waals surface area contributed by atoms with Crippen molar-refractivity contribution in [2.75, 3.05) is 17.1 Å². The monoisotopic (exact) mass is 519 g/mol. The summed E-state index contributed by atoms with van der Waals surface area (Å²) in [4.78, 5) is 28.4. The van der Waals surface area contributed by atoms with Gasteiger partial charge in [-0.1, -0.05) is 61.2 Å². The summed E-state index contributed by atoms with van der Waals surface area (Å²) in [5, 5.41) is 3.67. The molecule has 7 nitrogen and oxygen atoms in total. The largest absolute Gasteiger partial charge is 0.352 e.